The normalized spacial score (nSPS) is 13.2. The predicted molar refractivity (Wildman–Crippen MR) is 73.1 cm³/mol. The Morgan fingerprint density at radius 3 is 2.06 bits per heavy atom. The van der Waals surface area contributed by atoms with Crippen molar-refractivity contribution in [1.29, 1.82) is 0 Å². The quantitative estimate of drug-likeness (QED) is 0.579. The van der Waals surface area contributed by atoms with Crippen molar-refractivity contribution in [2.75, 3.05) is 13.6 Å². The molecule has 1 atom stereocenters. The van der Waals surface area contributed by atoms with E-state index in [4.69, 9.17) is 0 Å². The zero-order valence-corrected chi connectivity index (χ0v) is 12.1. The van der Waals surface area contributed by atoms with Gasteiger partial charge in [0.2, 0.25) is 0 Å². The van der Waals surface area contributed by atoms with E-state index in [1.54, 1.807) is 0 Å². The molecule has 0 aliphatic carbocycles. The van der Waals surface area contributed by atoms with E-state index in [0.29, 0.717) is 12.0 Å². The summed E-state index contributed by atoms with van der Waals surface area (Å²) in [6.07, 6.45) is 3.44. The zero-order chi connectivity index (χ0) is 12.7. The van der Waals surface area contributed by atoms with Gasteiger partial charge in [0.25, 0.3) is 0 Å². The van der Waals surface area contributed by atoms with Crippen LogP contribution < -0.4 is 0 Å². The lowest BCUT2D eigenvalue weighted by molar-refractivity contribution is -0.0228. The zero-order valence-electron chi connectivity index (χ0n) is 12.1. The van der Waals surface area contributed by atoms with E-state index in [0.717, 1.165) is 13.0 Å². The Hall–Kier alpha value is -0.500. The van der Waals surface area contributed by atoms with Crippen LogP contribution in [0.3, 0.4) is 0 Å². The van der Waals surface area contributed by atoms with Crippen molar-refractivity contribution in [1.82, 2.24) is 10.0 Å². The molecule has 0 amide bonds. The van der Waals surface area contributed by atoms with Crippen LogP contribution in [0.2, 0.25) is 0 Å². The van der Waals surface area contributed by atoms with Crippen LogP contribution in [0.25, 0.3) is 0 Å². The number of hydrogen-bond acceptors (Lipinski definition) is 2. The van der Waals surface area contributed by atoms with Crippen LogP contribution in [-0.2, 0) is 0 Å². The van der Waals surface area contributed by atoms with Crippen LogP contribution in [0.15, 0.2) is 12.3 Å². The van der Waals surface area contributed by atoms with Gasteiger partial charge in [-0.2, -0.15) is 0 Å². The van der Waals surface area contributed by atoms with Crippen molar-refractivity contribution in [2.24, 2.45) is 5.92 Å². The van der Waals surface area contributed by atoms with Gasteiger partial charge in [-0.3, -0.25) is 0 Å². The maximum Gasteiger partial charge on any atom is 0.0314 e. The molecule has 2 heteroatoms. The molecule has 0 bridgehead atoms. The summed E-state index contributed by atoms with van der Waals surface area (Å²) in [5, 5.41) is 4.71. The third-order valence-electron chi connectivity index (χ3n) is 3.25. The molecular formula is C14H30N2. The first kappa shape index (κ1) is 15.5. The number of rotatable bonds is 8. The van der Waals surface area contributed by atoms with Crippen LogP contribution in [0.5, 0.6) is 0 Å². The average molecular weight is 226 g/mol. The fourth-order valence-electron chi connectivity index (χ4n) is 2.43. The summed E-state index contributed by atoms with van der Waals surface area (Å²) in [7, 11) is 2.19. The van der Waals surface area contributed by atoms with Crippen molar-refractivity contribution < 1.29 is 0 Å². The summed E-state index contributed by atoms with van der Waals surface area (Å²) >= 11 is 0. The summed E-state index contributed by atoms with van der Waals surface area (Å²) in [6.45, 7) is 16.5. The molecule has 0 aliphatic heterocycles. The Morgan fingerprint density at radius 2 is 1.75 bits per heavy atom. The van der Waals surface area contributed by atoms with Gasteiger partial charge in [0, 0.05) is 25.3 Å². The summed E-state index contributed by atoms with van der Waals surface area (Å²) in [4.78, 5) is 0. The van der Waals surface area contributed by atoms with Gasteiger partial charge < -0.3 is 5.01 Å². The van der Waals surface area contributed by atoms with Crippen molar-refractivity contribution >= 4 is 0 Å². The topological polar surface area (TPSA) is 6.48 Å². The van der Waals surface area contributed by atoms with Gasteiger partial charge in [-0.1, -0.05) is 40.7 Å². The van der Waals surface area contributed by atoms with E-state index in [1.807, 2.05) is 0 Å². The second kappa shape index (κ2) is 7.72. The molecule has 0 aromatic heterocycles. The molecule has 0 N–H and O–H groups in total. The molecule has 0 fully saturated rings. The molecule has 2 nitrogen and oxygen atoms in total. The monoisotopic (exact) mass is 226 g/mol. The first-order valence-electron chi connectivity index (χ1n) is 6.67. The molecule has 16 heavy (non-hydrogen) atoms. The maximum absolute atomic E-state index is 4.20. The van der Waals surface area contributed by atoms with E-state index in [9.17, 15) is 0 Å². The van der Waals surface area contributed by atoms with Gasteiger partial charge in [-0.15, -0.1) is 0 Å². The molecule has 0 aromatic rings. The first-order chi connectivity index (χ1) is 7.49. The third-order valence-corrected chi connectivity index (χ3v) is 3.25. The molecule has 0 saturated carbocycles. The smallest absolute Gasteiger partial charge is 0.0314 e. The minimum absolute atomic E-state index is 0.605. The van der Waals surface area contributed by atoms with Crippen LogP contribution >= 0.6 is 0 Å². The molecule has 0 aromatic carbocycles. The second-order valence-corrected chi connectivity index (χ2v) is 4.83. The minimum Gasteiger partial charge on any atom is -0.311 e. The van der Waals surface area contributed by atoms with Crippen LogP contribution in [0.4, 0.5) is 0 Å². The minimum atomic E-state index is 0.605. The Balaban J connectivity index is 4.61. The van der Waals surface area contributed by atoms with Gasteiger partial charge in [0.05, 0.1) is 0 Å². The first-order valence-corrected chi connectivity index (χ1v) is 6.67. The molecule has 0 spiro atoms. The van der Waals surface area contributed by atoms with E-state index in [2.05, 4.69) is 58.3 Å². The molecule has 0 radical (unpaired) electrons. The molecule has 1 unspecified atom stereocenters. The highest BCUT2D eigenvalue weighted by molar-refractivity contribution is 4.92. The van der Waals surface area contributed by atoms with Gasteiger partial charge in [-0.25, -0.2) is 5.01 Å². The molecule has 0 heterocycles. The summed E-state index contributed by atoms with van der Waals surface area (Å²) in [6, 6.07) is 0.605. The van der Waals surface area contributed by atoms with Crippen LogP contribution in [-0.4, -0.2) is 29.7 Å². The van der Waals surface area contributed by atoms with Crippen molar-refractivity contribution in [2.45, 2.75) is 59.9 Å². The van der Waals surface area contributed by atoms with Crippen molar-refractivity contribution in [3.63, 3.8) is 0 Å². The Labute approximate surface area is 102 Å². The standard InChI is InChI=1S/C14H30N2/c1-8-11-13(6)16(10-3)15(7)14(9-2)12(4)5/h12,14H,6,8-11H2,1-5,7H3. The fourth-order valence-corrected chi connectivity index (χ4v) is 2.43. The maximum atomic E-state index is 4.20. The lowest BCUT2D eigenvalue weighted by atomic mass is 10.0. The molecule has 96 valence electrons. The molecular weight excluding hydrogens is 196 g/mol. The van der Waals surface area contributed by atoms with Crippen LogP contribution in [0.1, 0.15) is 53.9 Å². The Bertz CT molecular complexity index is 199. The number of hydrazine groups is 1. The summed E-state index contributed by atoms with van der Waals surface area (Å²) in [5.74, 6) is 0.679. The van der Waals surface area contributed by atoms with Gasteiger partial charge in [-0.05, 0) is 25.7 Å². The molecule has 0 aliphatic rings. The molecule has 0 saturated heterocycles. The van der Waals surface area contributed by atoms with Crippen LogP contribution in [0, 0.1) is 5.92 Å². The van der Waals surface area contributed by atoms with E-state index in [1.165, 1.54) is 18.5 Å². The average Bonchev–Trinajstić information content (AvgIpc) is 2.19. The molecule has 0 rings (SSSR count). The highest BCUT2D eigenvalue weighted by atomic mass is 15.6. The van der Waals surface area contributed by atoms with E-state index in [-0.39, 0.29) is 0 Å². The van der Waals surface area contributed by atoms with E-state index < -0.39 is 0 Å². The number of nitrogens with zero attached hydrogens (tertiary/aromatic N) is 2. The largest absolute Gasteiger partial charge is 0.311 e. The predicted octanol–water partition coefficient (Wildman–Crippen LogP) is 3.90. The number of allylic oxidation sites excluding steroid dienone is 1. The number of hydrogen-bond donors (Lipinski definition) is 0. The highest BCUT2D eigenvalue weighted by Gasteiger charge is 2.21. The van der Waals surface area contributed by atoms with Gasteiger partial charge in [0.15, 0.2) is 0 Å². The Morgan fingerprint density at radius 1 is 1.19 bits per heavy atom. The lowest BCUT2D eigenvalue weighted by Gasteiger charge is -2.41. The van der Waals surface area contributed by atoms with Gasteiger partial charge in [0.1, 0.15) is 0 Å². The summed E-state index contributed by atoms with van der Waals surface area (Å²) in [5.41, 5.74) is 1.24. The van der Waals surface area contributed by atoms with Gasteiger partial charge >= 0.3 is 0 Å². The fraction of sp³-hybridized carbons (Fsp3) is 0.857. The second-order valence-electron chi connectivity index (χ2n) is 4.83. The highest BCUT2D eigenvalue weighted by Crippen LogP contribution is 2.19. The summed E-state index contributed by atoms with van der Waals surface area (Å²) < 4.78 is 0. The SMILES string of the molecule is C=C(CCC)N(CC)N(C)C(CC)C(C)C. The Kier molecular flexibility index (Phi) is 7.48. The lowest BCUT2D eigenvalue weighted by Crippen LogP contribution is -2.47. The third kappa shape index (κ3) is 4.17. The van der Waals surface area contributed by atoms with Crippen molar-refractivity contribution in [3.8, 4) is 0 Å². The van der Waals surface area contributed by atoms with Crippen molar-refractivity contribution in [3.05, 3.63) is 12.3 Å². The van der Waals surface area contributed by atoms with E-state index >= 15 is 0 Å².